The number of amides is 1. The van der Waals surface area contributed by atoms with Gasteiger partial charge in [0, 0.05) is 12.2 Å². The van der Waals surface area contributed by atoms with Crippen molar-refractivity contribution >= 4 is 23.4 Å². The average molecular weight is 393 g/mol. The zero-order valence-electron chi connectivity index (χ0n) is 15.3. The van der Waals surface area contributed by atoms with Crippen LogP contribution in [0, 0.1) is 6.92 Å². The number of rotatable bonds is 4. The van der Waals surface area contributed by atoms with Crippen molar-refractivity contribution < 1.29 is 9.90 Å². The summed E-state index contributed by atoms with van der Waals surface area (Å²) in [4.78, 5) is 31.5. The van der Waals surface area contributed by atoms with Gasteiger partial charge in [-0.3, -0.25) is 14.2 Å². The van der Waals surface area contributed by atoms with Crippen molar-refractivity contribution in [1.82, 2.24) is 9.55 Å². The molecule has 28 heavy (non-hydrogen) atoms. The minimum Gasteiger partial charge on any atom is -0.493 e. The molecule has 0 saturated heterocycles. The number of anilines is 1. The molecular formula is C21H19N3O3S. The Hall–Kier alpha value is -3.06. The third-order valence-electron chi connectivity index (χ3n) is 4.78. The topological polar surface area (TPSA) is 75.4 Å². The number of hydrogen-bond acceptors (Lipinski definition) is 5. The van der Waals surface area contributed by atoms with Gasteiger partial charge in [-0.15, -0.1) is 0 Å². The van der Waals surface area contributed by atoms with Crippen LogP contribution in [0.2, 0.25) is 0 Å². The lowest BCUT2D eigenvalue weighted by Crippen LogP contribution is -2.31. The molecule has 7 heteroatoms. The fourth-order valence-electron chi connectivity index (χ4n) is 3.28. The summed E-state index contributed by atoms with van der Waals surface area (Å²) in [5.74, 6) is -0.238. The molecule has 1 aromatic heterocycles. The smallest absolute Gasteiger partial charge is 0.265 e. The van der Waals surface area contributed by atoms with E-state index < -0.39 is 0 Å². The lowest BCUT2D eigenvalue weighted by molar-refractivity contribution is -0.116. The van der Waals surface area contributed by atoms with Crippen LogP contribution in [-0.4, -0.2) is 32.9 Å². The van der Waals surface area contributed by atoms with E-state index in [0.717, 1.165) is 29.4 Å². The second-order valence-corrected chi connectivity index (χ2v) is 7.47. The number of carbonyl (C=O) groups excluding carboxylic acids is 1. The first kappa shape index (κ1) is 18.3. The molecule has 0 unspecified atom stereocenters. The van der Waals surface area contributed by atoms with Crippen molar-refractivity contribution in [3.05, 3.63) is 76.1 Å². The number of benzene rings is 2. The molecule has 0 saturated carbocycles. The van der Waals surface area contributed by atoms with Crippen LogP contribution in [0.15, 0.2) is 64.5 Å². The molecule has 3 aromatic rings. The summed E-state index contributed by atoms with van der Waals surface area (Å²) >= 11 is 1.15. The molecule has 1 aliphatic rings. The Labute approximate surface area is 166 Å². The SMILES string of the molecule is Cc1c(O)nc(SCC(=O)N2CCc3ccccc32)n(-c2ccccc2)c1=O. The molecule has 0 radical (unpaired) electrons. The van der Waals surface area contributed by atoms with Crippen molar-refractivity contribution in [2.75, 3.05) is 17.2 Å². The van der Waals surface area contributed by atoms with Crippen LogP contribution in [0.25, 0.3) is 5.69 Å². The molecule has 1 amide bonds. The van der Waals surface area contributed by atoms with Crippen LogP contribution < -0.4 is 10.5 Å². The van der Waals surface area contributed by atoms with Crippen LogP contribution in [0.4, 0.5) is 5.69 Å². The van der Waals surface area contributed by atoms with Gasteiger partial charge < -0.3 is 10.0 Å². The summed E-state index contributed by atoms with van der Waals surface area (Å²) in [6, 6.07) is 17.0. The molecule has 6 nitrogen and oxygen atoms in total. The molecule has 0 fully saturated rings. The van der Waals surface area contributed by atoms with E-state index in [0.29, 0.717) is 17.4 Å². The van der Waals surface area contributed by atoms with Gasteiger partial charge in [-0.05, 0) is 37.1 Å². The van der Waals surface area contributed by atoms with E-state index in [4.69, 9.17) is 0 Å². The summed E-state index contributed by atoms with van der Waals surface area (Å²) in [7, 11) is 0. The highest BCUT2D eigenvalue weighted by atomic mass is 32.2. The number of thioether (sulfide) groups is 1. The number of carbonyl (C=O) groups is 1. The standard InChI is InChI=1S/C21H19N3O3S/c1-14-19(26)22-21(24(20(14)27)16-8-3-2-4-9-16)28-13-18(25)23-12-11-15-7-5-6-10-17(15)23/h2-10,26H,11-13H2,1H3. The Kier molecular flexibility index (Phi) is 4.92. The van der Waals surface area contributed by atoms with Crippen LogP contribution in [0.1, 0.15) is 11.1 Å². The highest BCUT2D eigenvalue weighted by Crippen LogP contribution is 2.29. The number of aromatic hydroxyl groups is 1. The summed E-state index contributed by atoms with van der Waals surface area (Å²) in [5.41, 5.74) is 2.57. The molecule has 1 N–H and O–H groups in total. The van der Waals surface area contributed by atoms with Crippen LogP contribution in [-0.2, 0) is 11.2 Å². The second kappa shape index (κ2) is 7.52. The van der Waals surface area contributed by atoms with Gasteiger partial charge in [-0.2, -0.15) is 4.98 Å². The van der Waals surface area contributed by atoms with Crippen molar-refractivity contribution in [3.63, 3.8) is 0 Å². The number of nitrogens with zero attached hydrogens (tertiary/aromatic N) is 3. The molecule has 142 valence electrons. The molecule has 0 aliphatic carbocycles. The van der Waals surface area contributed by atoms with E-state index in [9.17, 15) is 14.7 Å². The Balaban J connectivity index is 1.62. The summed E-state index contributed by atoms with van der Waals surface area (Å²) < 4.78 is 1.44. The predicted molar refractivity (Wildman–Crippen MR) is 109 cm³/mol. The normalized spacial score (nSPS) is 12.8. The van der Waals surface area contributed by atoms with Crippen molar-refractivity contribution in [2.45, 2.75) is 18.5 Å². The fourth-order valence-corrected chi connectivity index (χ4v) is 4.15. The van der Waals surface area contributed by atoms with E-state index in [-0.39, 0.29) is 28.7 Å². The van der Waals surface area contributed by atoms with Crippen molar-refractivity contribution in [2.24, 2.45) is 0 Å². The summed E-state index contributed by atoms with van der Waals surface area (Å²) in [6.07, 6.45) is 0.838. The maximum Gasteiger partial charge on any atom is 0.265 e. The van der Waals surface area contributed by atoms with E-state index in [1.54, 1.807) is 17.0 Å². The predicted octanol–water partition coefficient (Wildman–Crippen LogP) is 2.93. The maximum atomic E-state index is 12.8. The first-order valence-corrected chi connectivity index (χ1v) is 9.94. The van der Waals surface area contributed by atoms with Gasteiger partial charge in [-0.1, -0.05) is 48.2 Å². The van der Waals surface area contributed by atoms with E-state index in [1.807, 2.05) is 42.5 Å². The fraction of sp³-hybridized carbons (Fsp3) is 0.190. The largest absolute Gasteiger partial charge is 0.493 e. The zero-order valence-corrected chi connectivity index (χ0v) is 16.1. The Morgan fingerprint density at radius 1 is 1.14 bits per heavy atom. The van der Waals surface area contributed by atoms with Gasteiger partial charge in [0.2, 0.25) is 11.8 Å². The van der Waals surface area contributed by atoms with Gasteiger partial charge in [0.05, 0.1) is 17.0 Å². The average Bonchev–Trinajstić information content (AvgIpc) is 3.15. The Morgan fingerprint density at radius 2 is 1.86 bits per heavy atom. The van der Waals surface area contributed by atoms with Crippen LogP contribution in [0.5, 0.6) is 5.88 Å². The molecule has 0 atom stereocenters. The van der Waals surface area contributed by atoms with Crippen LogP contribution in [0.3, 0.4) is 0 Å². The molecule has 2 heterocycles. The van der Waals surface area contributed by atoms with Gasteiger partial charge in [0.15, 0.2) is 5.16 Å². The number of hydrogen-bond donors (Lipinski definition) is 1. The summed E-state index contributed by atoms with van der Waals surface area (Å²) in [6.45, 7) is 2.18. The maximum absolute atomic E-state index is 12.8. The van der Waals surface area contributed by atoms with Gasteiger partial charge in [-0.25, -0.2) is 0 Å². The first-order valence-electron chi connectivity index (χ1n) is 8.95. The third-order valence-corrected chi connectivity index (χ3v) is 5.70. The Bertz CT molecular complexity index is 1100. The van der Waals surface area contributed by atoms with E-state index in [1.165, 1.54) is 11.5 Å². The first-order chi connectivity index (χ1) is 13.6. The zero-order chi connectivity index (χ0) is 19.7. The van der Waals surface area contributed by atoms with Gasteiger partial charge >= 0.3 is 0 Å². The lowest BCUT2D eigenvalue weighted by atomic mass is 10.2. The molecule has 4 rings (SSSR count). The van der Waals surface area contributed by atoms with Crippen LogP contribution >= 0.6 is 11.8 Å². The van der Waals surface area contributed by atoms with E-state index in [2.05, 4.69) is 4.98 Å². The molecule has 0 spiro atoms. The Morgan fingerprint density at radius 3 is 2.64 bits per heavy atom. The van der Waals surface area contributed by atoms with Crippen molar-refractivity contribution in [1.29, 1.82) is 0 Å². The molecular weight excluding hydrogens is 374 g/mol. The molecule has 0 bridgehead atoms. The molecule has 2 aromatic carbocycles. The number of fused-ring (bicyclic) bond motifs is 1. The lowest BCUT2D eigenvalue weighted by Gasteiger charge is -2.18. The number of aromatic nitrogens is 2. The highest BCUT2D eigenvalue weighted by molar-refractivity contribution is 7.99. The summed E-state index contributed by atoms with van der Waals surface area (Å²) in [5, 5.41) is 10.3. The third kappa shape index (κ3) is 3.29. The van der Waals surface area contributed by atoms with E-state index >= 15 is 0 Å². The second-order valence-electron chi connectivity index (χ2n) is 6.53. The molecule has 1 aliphatic heterocycles. The minimum atomic E-state index is -0.347. The van der Waals surface area contributed by atoms with Gasteiger partial charge in [0.25, 0.3) is 5.56 Å². The van der Waals surface area contributed by atoms with Gasteiger partial charge in [0.1, 0.15) is 0 Å². The number of para-hydroxylation sites is 2. The van der Waals surface area contributed by atoms with Crippen molar-refractivity contribution in [3.8, 4) is 11.6 Å². The highest BCUT2D eigenvalue weighted by Gasteiger charge is 2.25. The monoisotopic (exact) mass is 393 g/mol. The quantitative estimate of drug-likeness (QED) is 0.545. The minimum absolute atomic E-state index is 0.0520.